The van der Waals surface area contributed by atoms with E-state index in [-0.39, 0.29) is 21.8 Å². The molecule has 184 valence electrons. The number of benzene rings is 2. The number of allylic oxidation sites excluding steroid dienone is 1. The van der Waals surface area contributed by atoms with Crippen molar-refractivity contribution in [1.29, 1.82) is 0 Å². The Morgan fingerprint density at radius 2 is 1.97 bits per heavy atom. The Morgan fingerprint density at radius 3 is 2.69 bits per heavy atom. The number of rotatable bonds is 4. The molecular formula is C26H22ClN3O5S. The third-order valence-electron chi connectivity index (χ3n) is 5.92. The highest BCUT2D eigenvalue weighted by Gasteiger charge is 2.35. The molecule has 5 rings (SSSR count). The lowest BCUT2D eigenvalue weighted by Gasteiger charge is -2.25. The van der Waals surface area contributed by atoms with Crippen LogP contribution in [0.4, 0.5) is 5.69 Å². The molecule has 10 heteroatoms. The van der Waals surface area contributed by atoms with E-state index in [9.17, 15) is 14.4 Å². The van der Waals surface area contributed by atoms with Gasteiger partial charge in [0.25, 0.3) is 11.5 Å². The van der Waals surface area contributed by atoms with Crippen molar-refractivity contribution < 1.29 is 19.1 Å². The van der Waals surface area contributed by atoms with E-state index in [1.807, 2.05) is 6.07 Å². The molecule has 0 saturated heterocycles. The summed E-state index contributed by atoms with van der Waals surface area (Å²) < 4.78 is 12.6. The Balaban J connectivity index is 1.82. The van der Waals surface area contributed by atoms with Gasteiger partial charge in [0.05, 0.1) is 36.1 Å². The summed E-state index contributed by atoms with van der Waals surface area (Å²) in [6.45, 7) is 5.22. The van der Waals surface area contributed by atoms with Gasteiger partial charge in [-0.1, -0.05) is 35.1 Å². The van der Waals surface area contributed by atoms with Crippen LogP contribution in [0.15, 0.2) is 63.5 Å². The van der Waals surface area contributed by atoms with Gasteiger partial charge in [0.15, 0.2) is 4.80 Å². The zero-order valence-corrected chi connectivity index (χ0v) is 21.5. The average Bonchev–Trinajstić information content (AvgIpc) is 3.32. The van der Waals surface area contributed by atoms with E-state index in [2.05, 4.69) is 10.3 Å². The molecule has 1 atom stereocenters. The van der Waals surface area contributed by atoms with Crippen molar-refractivity contribution in [1.82, 2.24) is 4.57 Å². The van der Waals surface area contributed by atoms with E-state index in [0.717, 1.165) is 11.3 Å². The molecule has 0 spiro atoms. The maximum absolute atomic E-state index is 13.9. The minimum Gasteiger partial charge on any atom is -0.497 e. The van der Waals surface area contributed by atoms with Crippen molar-refractivity contribution in [2.24, 2.45) is 4.99 Å². The summed E-state index contributed by atoms with van der Waals surface area (Å²) in [7, 11) is 1.54. The number of aromatic nitrogens is 1. The Morgan fingerprint density at radius 1 is 1.19 bits per heavy atom. The fourth-order valence-corrected chi connectivity index (χ4v) is 5.72. The number of hydrogen-bond acceptors (Lipinski definition) is 7. The molecule has 2 aliphatic heterocycles. The fraction of sp³-hybridized carbons (Fsp3) is 0.231. The van der Waals surface area contributed by atoms with Crippen molar-refractivity contribution in [3.63, 3.8) is 0 Å². The highest BCUT2D eigenvalue weighted by molar-refractivity contribution is 7.07. The van der Waals surface area contributed by atoms with Gasteiger partial charge in [0.2, 0.25) is 0 Å². The first-order valence-electron chi connectivity index (χ1n) is 11.2. The summed E-state index contributed by atoms with van der Waals surface area (Å²) in [6.07, 6.45) is -0.362. The number of nitrogens with zero attached hydrogens (tertiary/aromatic N) is 2. The molecule has 0 aliphatic carbocycles. The summed E-state index contributed by atoms with van der Waals surface area (Å²) >= 11 is 7.29. The van der Waals surface area contributed by atoms with Crippen LogP contribution in [0.2, 0.25) is 5.02 Å². The molecule has 0 fully saturated rings. The standard InChI is InChI=1S/C26H22ClN3O5S/c1-12(2)35-25(33)19-13(3)28-26-30(21(19)14-6-5-7-16(10-14)34-4)24(32)22(36-26)20-17-11-15(27)8-9-18(17)29-23(20)31/h5-12,21H,1-4H3,(H,29,31)/b22-20+/t21-/m1/s1. The van der Waals surface area contributed by atoms with E-state index in [4.69, 9.17) is 21.1 Å². The third-order valence-corrected chi connectivity index (χ3v) is 7.21. The van der Waals surface area contributed by atoms with Crippen molar-refractivity contribution in [2.45, 2.75) is 32.9 Å². The molecule has 3 aromatic rings. The number of halogens is 1. The number of carbonyl (C=O) groups is 2. The summed E-state index contributed by atoms with van der Waals surface area (Å²) in [4.78, 5) is 45.1. The van der Waals surface area contributed by atoms with Gasteiger partial charge >= 0.3 is 5.97 Å². The summed E-state index contributed by atoms with van der Waals surface area (Å²) in [5.74, 6) is -0.388. The number of hydrogen-bond donors (Lipinski definition) is 1. The smallest absolute Gasteiger partial charge is 0.338 e. The van der Waals surface area contributed by atoms with Crippen LogP contribution in [0.3, 0.4) is 0 Å². The Labute approximate surface area is 215 Å². The van der Waals surface area contributed by atoms with Crippen LogP contribution in [0.1, 0.15) is 37.9 Å². The monoisotopic (exact) mass is 523 g/mol. The molecule has 0 saturated carbocycles. The summed E-state index contributed by atoms with van der Waals surface area (Å²) in [6, 6.07) is 11.3. The molecule has 8 nitrogen and oxygen atoms in total. The second-order valence-corrected chi connectivity index (χ2v) is 10.1. The van der Waals surface area contributed by atoms with Crippen LogP contribution in [0, 0.1) is 0 Å². The molecule has 0 unspecified atom stereocenters. The van der Waals surface area contributed by atoms with Crippen LogP contribution < -0.4 is 24.9 Å². The lowest BCUT2D eigenvalue weighted by molar-refractivity contribution is -0.143. The van der Waals surface area contributed by atoms with Crippen LogP contribution in [-0.2, 0) is 14.3 Å². The van der Waals surface area contributed by atoms with Crippen LogP contribution in [-0.4, -0.2) is 29.7 Å². The van der Waals surface area contributed by atoms with E-state index in [1.165, 1.54) is 4.57 Å². The van der Waals surface area contributed by atoms with Crippen molar-refractivity contribution in [3.8, 4) is 5.75 Å². The van der Waals surface area contributed by atoms with E-state index in [0.29, 0.717) is 38.1 Å². The molecule has 0 radical (unpaired) electrons. The second-order valence-electron chi connectivity index (χ2n) is 8.65. The largest absolute Gasteiger partial charge is 0.497 e. The first kappa shape index (κ1) is 24.0. The number of fused-ring (bicyclic) bond motifs is 2. The maximum Gasteiger partial charge on any atom is 0.338 e. The number of anilines is 1. The number of carbonyl (C=O) groups excluding carboxylic acids is 2. The third kappa shape index (κ3) is 3.94. The highest BCUT2D eigenvalue weighted by Crippen LogP contribution is 2.34. The average molecular weight is 524 g/mol. The molecule has 2 aliphatic rings. The van der Waals surface area contributed by atoms with Gasteiger partial charge in [-0.25, -0.2) is 9.79 Å². The predicted octanol–water partition coefficient (Wildman–Crippen LogP) is 3.17. The Kier molecular flexibility index (Phi) is 6.05. The van der Waals surface area contributed by atoms with Crippen molar-refractivity contribution >= 4 is 46.1 Å². The topological polar surface area (TPSA) is 99.0 Å². The van der Waals surface area contributed by atoms with Crippen LogP contribution in [0.25, 0.3) is 5.57 Å². The van der Waals surface area contributed by atoms with Gasteiger partial charge in [-0.15, -0.1) is 0 Å². The summed E-state index contributed by atoms with van der Waals surface area (Å²) in [5, 5.41) is 3.23. The normalized spacial score (nSPS) is 17.9. The van der Waals surface area contributed by atoms with Crippen LogP contribution >= 0.6 is 22.9 Å². The zero-order valence-electron chi connectivity index (χ0n) is 19.9. The van der Waals surface area contributed by atoms with Crippen LogP contribution in [0.5, 0.6) is 5.75 Å². The van der Waals surface area contributed by atoms with Gasteiger partial charge in [-0.3, -0.25) is 14.2 Å². The first-order chi connectivity index (χ1) is 17.2. The highest BCUT2D eigenvalue weighted by atomic mass is 35.5. The Hall–Kier alpha value is -3.69. The van der Waals surface area contributed by atoms with Crippen molar-refractivity contribution in [3.05, 3.63) is 89.6 Å². The molecule has 2 aromatic carbocycles. The molecular weight excluding hydrogens is 502 g/mol. The number of esters is 1. The second kappa shape index (κ2) is 9.07. The number of ether oxygens (including phenoxy) is 2. The van der Waals surface area contributed by atoms with Gasteiger partial charge in [0, 0.05) is 16.3 Å². The van der Waals surface area contributed by atoms with Gasteiger partial charge in [0.1, 0.15) is 10.3 Å². The number of nitrogens with one attached hydrogen (secondary N) is 1. The van der Waals surface area contributed by atoms with Gasteiger partial charge in [-0.05, 0) is 56.7 Å². The SMILES string of the molecule is COc1cccc([C@@H]2C(C(=O)OC(C)C)=C(C)N=c3s/c(=C4/C(=O)Nc5ccc(Cl)cc54)c(=O)n32)c1. The van der Waals surface area contributed by atoms with Crippen molar-refractivity contribution in [2.75, 3.05) is 12.4 Å². The lowest BCUT2D eigenvalue weighted by atomic mass is 9.95. The fourth-order valence-electron chi connectivity index (χ4n) is 4.40. The number of thiazole rings is 1. The van der Waals surface area contributed by atoms with Gasteiger partial charge in [-0.2, -0.15) is 0 Å². The first-order valence-corrected chi connectivity index (χ1v) is 12.4. The van der Waals surface area contributed by atoms with E-state index < -0.39 is 23.5 Å². The lowest BCUT2D eigenvalue weighted by Crippen LogP contribution is -2.40. The minimum absolute atomic E-state index is 0.214. The molecule has 1 N–H and O–H groups in total. The van der Waals surface area contributed by atoms with Gasteiger partial charge < -0.3 is 14.8 Å². The zero-order chi connectivity index (χ0) is 25.7. The molecule has 1 amide bonds. The van der Waals surface area contributed by atoms with E-state index in [1.54, 1.807) is 64.3 Å². The molecule has 0 bridgehead atoms. The quantitative estimate of drug-likeness (QED) is 0.530. The Bertz CT molecular complexity index is 1650. The summed E-state index contributed by atoms with van der Waals surface area (Å²) in [5.41, 5.74) is 2.25. The maximum atomic E-state index is 13.9. The molecule has 1 aromatic heterocycles. The number of amides is 1. The predicted molar refractivity (Wildman–Crippen MR) is 137 cm³/mol. The molecule has 36 heavy (non-hydrogen) atoms. The minimum atomic E-state index is -0.819. The number of methoxy groups -OCH3 is 1. The molecule has 3 heterocycles. The van der Waals surface area contributed by atoms with E-state index >= 15 is 0 Å².